The van der Waals surface area contributed by atoms with Crippen LogP contribution in [-0.4, -0.2) is 21.4 Å². The molecule has 2 unspecified atom stereocenters. The van der Waals surface area contributed by atoms with Crippen LogP contribution in [0.4, 0.5) is 5.82 Å². The van der Waals surface area contributed by atoms with E-state index in [1.54, 1.807) is 6.33 Å². The van der Waals surface area contributed by atoms with Gasteiger partial charge in [-0.1, -0.05) is 20.3 Å². The normalized spacial score (nSPS) is 29.0. The van der Waals surface area contributed by atoms with Crippen molar-refractivity contribution in [3.8, 4) is 0 Å². The Balaban J connectivity index is 1.82. The number of halogens is 1. The highest BCUT2D eigenvalue weighted by Crippen LogP contribution is 2.46. The molecule has 1 N–H and O–H groups in total. The highest BCUT2D eigenvalue weighted by atomic mass is 35.5. The molecule has 0 aliphatic heterocycles. The van der Waals surface area contributed by atoms with Gasteiger partial charge in [0.1, 0.15) is 12.1 Å². The topological polar surface area (TPSA) is 37.8 Å². The van der Waals surface area contributed by atoms with E-state index in [2.05, 4.69) is 29.1 Å². The number of fused-ring (bicyclic) bond motifs is 1. The molecule has 1 aromatic heterocycles. The summed E-state index contributed by atoms with van der Waals surface area (Å²) in [5, 5.41) is 3.89. The second-order valence-corrected chi connectivity index (χ2v) is 6.96. The van der Waals surface area contributed by atoms with Crippen LogP contribution in [0.5, 0.6) is 0 Å². The first-order valence-electron chi connectivity index (χ1n) is 7.32. The quantitative estimate of drug-likeness (QED) is 0.664. The molecule has 104 valence electrons. The molecule has 0 radical (unpaired) electrons. The summed E-state index contributed by atoms with van der Waals surface area (Å²) in [6.45, 7) is 4.46. The van der Waals surface area contributed by atoms with E-state index in [0.29, 0.717) is 6.04 Å². The molecule has 2 atom stereocenters. The highest BCUT2D eigenvalue weighted by Gasteiger charge is 2.47. The van der Waals surface area contributed by atoms with Crippen molar-refractivity contribution in [3.63, 3.8) is 0 Å². The summed E-state index contributed by atoms with van der Waals surface area (Å²) in [5.74, 6) is 1.05. The Bertz CT molecular complexity index is 472. The number of nitrogens with one attached hydrogen (secondary N) is 1. The number of hydrogen-bond acceptors (Lipinski definition) is 3. The molecular weight excluding hydrogens is 258 g/mol. The van der Waals surface area contributed by atoms with Crippen molar-refractivity contribution in [2.45, 2.75) is 63.8 Å². The van der Waals surface area contributed by atoms with Crippen molar-refractivity contribution in [3.05, 3.63) is 17.6 Å². The Hall–Kier alpha value is -0.830. The zero-order valence-corrected chi connectivity index (χ0v) is 12.5. The summed E-state index contributed by atoms with van der Waals surface area (Å²) in [5.41, 5.74) is 2.73. The third kappa shape index (κ3) is 2.33. The monoisotopic (exact) mass is 279 g/mol. The van der Waals surface area contributed by atoms with E-state index in [1.807, 2.05) is 0 Å². The molecule has 1 fully saturated rings. The zero-order chi connectivity index (χ0) is 13.5. The van der Waals surface area contributed by atoms with Gasteiger partial charge in [-0.3, -0.25) is 0 Å². The van der Waals surface area contributed by atoms with Gasteiger partial charge in [0.15, 0.2) is 0 Å². The highest BCUT2D eigenvalue weighted by molar-refractivity contribution is 6.21. The van der Waals surface area contributed by atoms with Crippen molar-refractivity contribution in [1.29, 1.82) is 0 Å². The predicted octanol–water partition coefficient (Wildman–Crippen LogP) is 3.56. The number of aryl methyl sites for hydroxylation is 1. The molecule has 19 heavy (non-hydrogen) atoms. The summed E-state index contributed by atoms with van der Waals surface area (Å²) < 4.78 is 0. The van der Waals surface area contributed by atoms with Crippen LogP contribution in [0.15, 0.2) is 6.33 Å². The molecule has 0 bridgehead atoms. The van der Waals surface area contributed by atoms with Gasteiger partial charge in [0.25, 0.3) is 0 Å². The van der Waals surface area contributed by atoms with Gasteiger partial charge in [-0.25, -0.2) is 9.97 Å². The zero-order valence-electron chi connectivity index (χ0n) is 11.7. The molecule has 1 heterocycles. The first-order valence-corrected chi connectivity index (χ1v) is 7.76. The van der Waals surface area contributed by atoms with Crippen molar-refractivity contribution in [2.24, 2.45) is 5.41 Å². The summed E-state index contributed by atoms with van der Waals surface area (Å²) in [4.78, 5) is 8.95. The lowest BCUT2D eigenvalue weighted by molar-refractivity contribution is 0.168. The van der Waals surface area contributed by atoms with Crippen LogP contribution >= 0.6 is 11.6 Å². The molecule has 0 amide bonds. The van der Waals surface area contributed by atoms with E-state index in [1.165, 1.54) is 30.5 Å². The second kappa shape index (κ2) is 4.93. The fourth-order valence-corrected chi connectivity index (χ4v) is 3.43. The first kappa shape index (κ1) is 13.2. The standard InChI is InChI=1S/C15H22ClN3/c1-15(2)12(16)8-13(15)19-14-10-6-4-3-5-7-11(10)17-9-18-14/h9,12-13H,3-8H2,1-2H3,(H,17,18,19). The van der Waals surface area contributed by atoms with Crippen LogP contribution in [0.3, 0.4) is 0 Å². The number of alkyl halides is 1. The van der Waals surface area contributed by atoms with Gasteiger partial charge in [0.2, 0.25) is 0 Å². The maximum Gasteiger partial charge on any atom is 0.133 e. The average Bonchev–Trinajstić information content (AvgIpc) is 2.64. The average molecular weight is 280 g/mol. The minimum Gasteiger partial charge on any atom is -0.366 e. The number of hydrogen-bond donors (Lipinski definition) is 1. The molecule has 4 heteroatoms. The van der Waals surface area contributed by atoms with Crippen molar-refractivity contribution in [2.75, 3.05) is 5.32 Å². The van der Waals surface area contributed by atoms with Crippen LogP contribution in [0.2, 0.25) is 0 Å². The summed E-state index contributed by atoms with van der Waals surface area (Å²) in [7, 11) is 0. The van der Waals surface area contributed by atoms with Gasteiger partial charge in [0.05, 0.1) is 0 Å². The first-order chi connectivity index (χ1) is 9.09. The van der Waals surface area contributed by atoms with E-state index in [0.717, 1.165) is 25.1 Å². The summed E-state index contributed by atoms with van der Waals surface area (Å²) >= 11 is 6.30. The van der Waals surface area contributed by atoms with E-state index in [9.17, 15) is 0 Å². The lowest BCUT2D eigenvalue weighted by Crippen LogP contribution is -2.54. The van der Waals surface area contributed by atoms with Gasteiger partial charge in [-0.15, -0.1) is 11.6 Å². The van der Waals surface area contributed by atoms with Gasteiger partial charge in [0, 0.05) is 28.1 Å². The maximum absolute atomic E-state index is 6.30. The Morgan fingerprint density at radius 2 is 2.00 bits per heavy atom. The number of aromatic nitrogens is 2. The number of anilines is 1. The molecule has 2 aliphatic rings. The van der Waals surface area contributed by atoms with Gasteiger partial charge < -0.3 is 5.32 Å². The van der Waals surface area contributed by atoms with Gasteiger partial charge in [-0.05, 0) is 32.1 Å². The maximum atomic E-state index is 6.30. The van der Waals surface area contributed by atoms with Crippen molar-refractivity contribution >= 4 is 17.4 Å². The smallest absolute Gasteiger partial charge is 0.133 e. The van der Waals surface area contributed by atoms with Gasteiger partial charge >= 0.3 is 0 Å². The largest absolute Gasteiger partial charge is 0.366 e. The Morgan fingerprint density at radius 1 is 1.21 bits per heavy atom. The minimum atomic E-state index is 0.143. The molecule has 0 aromatic carbocycles. The molecule has 0 spiro atoms. The van der Waals surface area contributed by atoms with Crippen LogP contribution < -0.4 is 5.32 Å². The van der Waals surface area contributed by atoms with E-state index >= 15 is 0 Å². The number of rotatable bonds is 2. The minimum absolute atomic E-state index is 0.143. The Morgan fingerprint density at radius 3 is 2.74 bits per heavy atom. The lowest BCUT2D eigenvalue weighted by atomic mass is 9.66. The van der Waals surface area contributed by atoms with E-state index in [4.69, 9.17) is 11.6 Å². The summed E-state index contributed by atoms with van der Waals surface area (Å²) in [6.07, 6.45) is 8.73. The number of nitrogens with zero attached hydrogens (tertiary/aromatic N) is 2. The third-order valence-electron chi connectivity index (χ3n) is 4.83. The third-order valence-corrected chi connectivity index (χ3v) is 5.57. The molecule has 3 nitrogen and oxygen atoms in total. The van der Waals surface area contributed by atoms with Crippen LogP contribution in [0.1, 0.15) is 50.8 Å². The van der Waals surface area contributed by atoms with E-state index in [-0.39, 0.29) is 10.8 Å². The molecule has 1 saturated carbocycles. The Kier molecular flexibility index (Phi) is 3.42. The fraction of sp³-hybridized carbons (Fsp3) is 0.733. The fourth-order valence-electron chi connectivity index (χ4n) is 3.10. The van der Waals surface area contributed by atoms with Crippen LogP contribution in [0, 0.1) is 5.41 Å². The second-order valence-electron chi connectivity index (χ2n) is 6.43. The molecular formula is C15H22ClN3. The van der Waals surface area contributed by atoms with Crippen LogP contribution in [-0.2, 0) is 12.8 Å². The lowest BCUT2D eigenvalue weighted by Gasteiger charge is -2.49. The summed E-state index contributed by atoms with van der Waals surface area (Å²) in [6, 6.07) is 0.428. The molecule has 1 aromatic rings. The SMILES string of the molecule is CC1(C)C(Cl)CC1Nc1ncnc2c1CCCCC2. The van der Waals surface area contributed by atoms with Gasteiger partial charge in [-0.2, -0.15) is 0 Å². The van der Waals surface area contributed by atoms with Crippen molar-refractivity contribution < 1.29 is 0 Å². The molecule has 0 saturated heterocycles. The Labute approximate surface area is 120 Å². The molecule has 2 aliphatic carbocycles. The molecule has 3 rings (SSSR count). The van der Waals surface area contributed by atoms with Crippen molar-refractivity contribution in [1.82, 2.24) is 9.97 Å². The predicted molar refractivity (Wildman–Crippen MR) is 78.7 cm³/mol. The van der Waals surface area contributed by atoms with Crippen LogP contribution in [0.25, 0.3) is 0 Å². The van der Waals surface area contributed by atoms with E-state index < -0.39 is 0 Å².